The molecule has 102 valence electrons. The zero-order valence-corrected chi connectivity index (χ0v) is 11.2. The molecule has 1 aromatic heterocycles. The fourth-order valence-electron chi connectivity index (χ4n) is 2.70. The summed E-state index contributed by atoms with van der Waals surface area (Å²) in [5, 5.41) is 3.36. The zero-order chi connectivity index (χ0) is 13.1. The number of nitrogens with one attached hydrogen (secondary N) is 1. The van der Waals surface area contributed by atoms with Gasteiger partial charge in [0.2, 0.25) is 5.91 Å². The highest BCUT2D eigenvalue weighted by Gasteiger charge is 2.36. The molecule has 4 nitrogen and oxygen atoms in total. The van der Waals surface area contributed by atoms with E-state index in [1.165, 1.54) is 6.42 Å². The van der Waals surface area contributed by atoms with E-state index in [1.807, 2.05) is 23.1 Å². The number of carbonyl (C=O) groups is 1. The van der Waals surface area contributed by atoms with Gasteiger partial charge in [0.1, 0.15) is 0 Å². The number of rotatable bonds is 4. The molecule has 1 aliphatic heterocycles. The predicted octanol–water partition coefficient (Wildman–Crippen LogP) is 1.71. The van der Waals surface area contributed by atoms with Crippen LogP contribution >= 0.6 is 0 Å². The first-order valence-electron chi connectivity index (χ1n) is 7.28. The summed E-state index contributed by atoms with van der Waals surface area (Å²) in [6.07, 6.45) is 7.41. The van der Waals surface area contributed by atoms with E-state index in [2.05, 4.69) is 10.3 Å². The Morgan fingerprint density at radius 1 is 1.32 bits per heavy atom. The lowest BCUT2D eigenvalue weighted by atomic mass is 10.0. The molecule has 1 atom stereocenters. The molecule has 3 rings (SSSR count). The molecular weight excluding hydrogens is 238 g/mol. The van der Waals surface area contributed by atoms with Gasteiger partial charge in [-0.15, -0.1) is 0 Å². The van der Waals surface area contributed by atoms with Crippen molar-refractivity contribution in [1.29, 1.82) is 0 Å². The van der Waals surface area contributed by atoms with Crippen molar-refractivity contribution in [2.24, 2.45) is 0 Å². The lowest BCUT2D eigenvalue weighted by Gasteiger charge is -2.30. The van der Waals surface area contributed by atoms with Crippen molar-refractivity contribution < 1.29 is 4.79 Å². The minimum absolute atomic E-state index is 0.0260. The van der Waals surface area contributed by atoms with Crippen LogP contribution in [0.1, 0.15) is 37.8 Å². The third kappa shape index (κ3) is 3.13. The third-order valence-corrected chi connectivity index (χ3v) is 3.94. The van der Waals surface area contributed by atoms with Crippen molar-refractivity contribution in [3.63, 3.8) is 0 Å². The largest absolute Gasteiger partial charge is 0.332 e. The minimum atomic E-state index is 0.0260. The molecule has 1 unspecified atom stereocenters. The van der Waals surface area contributed by atoms with Gasteiger partial charge in [-0.25, -0.2) is 0 Å². The molecule has 0 spiro atoms. The molecule has 0 radical (unpaired) electrons. The van der Waals surface area contributed by atoms with E-state index < -0.39 is 0 Å². The standard InChI is InChI=1S/C15H21N3O/c19-15(14-6-2-4-10-17-14)18(13-7-8-13)11-12-5-1-3-9-16-12/h1,3,5,9,13-14,17H,2,4,6-8,10-11H2. The Labute approximate surface area is 114 Å². The first kappa shape index (κ1) is 12.6. The summed E-state index contributed by atoms with van der Waals surface area (Å²) < 4.78 is 0. The molecule has 1 aromatic rings. The van der Waals surface area contributed by atoms with Crippen LogP contribution in [0.25, 0.3) is 0 Å². The Bertz CT molecular complexity index is 424. The van der Waals surface area contributed by atoms with Crippen molar-refractivity contribution in [3.8, 4) is 0 Å². The van der Waals surface area contributed by atoms with Crippen molar-refractivity contribution >= 4 is 5.91 Å². The van der Waals surface area contributed by atoms with Gasteiger partial charge < -0.3 is 10.2 Å². The second-order valence-electron chi connectivity index (χ2n) is 5.52. The van der Waals surface area contributed by atoms with Crippen molar-refractivity contribution in [3.05, 3.63) is 30.1 Å². The highest BCUT2D eigenvalue weighted by molar-refractivity contribution is 5.82. The Hall–Kier alpha value is -1.42. The number of aromatic nitrogens is 1. The Morgan fingerprint density at radius 2 is 2.21 bits per heavy atom. The smallest absolute Gasteiger partial charge is 0.240 e. The fourth-order valence-corrected chi connectivity index (χ4v) is 2.70. The average molecular weight is 259 g/mol. The zero-order valence-electron chi connectivity index (χ0n) is 11.2. The SMILES string of the molecule is O=C(C1CCCCN1)N(Cc1ccccn1)C1CC1. The third-order valence-electron chi connectivity index (χ3n) is 3.94. The molecule has 1 N–H and O–H groups in total. The summed E-state index contributed by atoms with van der Waals surface area (Å²) in [5.41, 5.74) is 0.985. The molecule has 2 heterocycles. The van der Waals surface area contributed by atoms with Gasteiger partial charge >= 0.3 is 0 Å². The van der Waals surface area contributed by atoms with Gasteiger partial charge in [0.05, 0.1) is 18.3 Å². The summed E-state index contributed by atoms with van der Waals surface area (Å²) in [7, 11) is 0. The van der Waals surface area contributed by atoms with Gasteiger partial charge in [0, 0.05) is 12.2 Å². The number of hydrogen-bond acceptors (Lipinski definition) is 3. The quantitative estimate of drug-likeness (QED) is 0.895. The summed E-state index contributed by atoms with van der Waals surface area (Å²) >= 11 is 0. The van der Waals surface area contributed by atoms with Crippen LogP contribution in [0.2, 0.25) is 0 Å². The van der Waals surface area contributed by atoms with Crippen LogP contribution in [0.4, 0.5) is 0 Å². The normalized spacial score (nSPS) is 23.1. The van der Waals surface area contributed by atoms with Crippen LogP contribution in [0, 0.1) is 0 Å². The highest BCUT2D eigenvalue weighted by Crippen LogP contribution is 2.29. The van der Waals surface area contributed by atoms with Gasteiger partial charge in [0.25, 0.3) is 0 Å². The van der Waals surface area contributed by atoms with Crippen LogP contribution in [0.15, 0.2) is 24.4 Å². The lowest BCUT2D eigenvalue weighted by molar-refractivity contribution is -0.135. The number of hydrogen-bond donors (Lipinski definition) is 1. The van der Waals surface area contributed by atoms with E-state index in [9.17, 15) is 4.79 Å². The molecule has 1 saturated heterocycles. The molecule has 1 aliphatic carbocycles. The average Bonchev–Trinajstić information content (AvgIpc) is 3.31. The number of piperidine rings is 1. The van der Waals surface area contributed by atoms with E-state index in [0.29, 0.717) is 12.6 Å². The molecule has 19 heavy (non-hydrogen) atoms. The molecule has 2 aliphatic rings. The number of pyridine rings is 1. The Morgan fingerprint density at radius 3 is 2.84 bits per heavy atom. The van der Waals surface area contributed by atoms with Crippen molar-refractivity contribution in [2.45, 2.75) is 50.7 Å². The van der Waals surface area contributed by atoms with E-state index in [4.69, 9.17) is 0 Å². The maximum Gasteiger partial charge on any atom is 0.240 e. The van der Waals surface area contributed by atoms with E-state index in [1.54, 1.807) is 6.20 Å². The summed E-state index contributed by atoms with van der Waals surface area (Å²) in [5.74, 6) is 0.271. The van der Waals surface area contributed by atoms with Crippen molar-refractivity contribution in [2.75, 3.05) is 6.54 Å². The second kappa shape index (κ2) is 5.70. The van der Waals surface area contributed by atoms with Gasteiger partial charge in [-0.1, -0.05) is 12.5 Å². The lowest BCUT2D eigenvalue weighted by Crippen LogP contribution is -2.49. The Kier molecular flexibility index (Phi) is 3.78. The second-order valence-corrected chi connectivity index (χ2v) is 5.52. The molecule has 1 saturated carbocycles. The van der Waals surface area contributed by atoms with Gasteiger partial charge in [-0.3, -0.25) is 9.78 Å². The number of nitrogens with zero attached hydrogens (tertiary/aromatic N) is 2. The van der Waals surface area contributed by atoms with Crippen LogP contribution in [-0.4, -0.2) is 34.4 Å². The maximum absolute atomic E-state index is 12.6. The van der Waals surface area contributed by atoms with E-state index in [0.717, 1.165) is 37.9 Å². The van der Waals surface area contributed by atoms with Crippen LogP contribution in [-0.2, 0) is 11.3 Å². The number of amides is 1. The van der Waals surface area contributed by atoms with E-state index >= 15 is 0 Å². The summed E-state index contributed by atoms with van der Waals surface area (Å²) in [4.78, 5) is 19.0. The van der Waals surface area contributed by atoms with Gasteiger partial charge in [0.15, 0.2) is 0 Å². The molecule has 0 aromatic carbocycles. The maximum atomic E-state index is 12.6. The van der Waals surface area contributed by atoms with Crippen molar-refractivity contribution in [1.82, 2.24) is 15.2 Å². The molecule has 2 fully saturated rings. The topological polar surface area (TPSA) is 45.2 Å². The molecule has 1 amide bonds. The van der Waals surface area contributed by atoms with Gasteiger partial charge in [-0.05, 0) is 44.4 Å². The molecule has 0 bridgehead atoms. The Balaban J connectivity index is 1.68. The molecular formula is C15H21N3O. The van der Waals surface area contributed by atoms with Crippen LogP contribution in [0.5, 0.6) is 0 Å². The van der Waals surface area contributed by atoms with Gasteiger partial charge in [-0.2, -0.15) is 0 Å². The summed E-state index contributed by atoms with van der Waals surface area (Å²) in [6.45, 7) is 1.63. The highest BCUT2D eigenvalue weighted by atomic mass is 16.2. The monoisotopic (exact) mass is 259 g/mol. The fraction of sp³-hybridized carbons (Fsp3) is 0.600. The summed E-state index contributed by atoms with van der Waals surface area (Å²) in [6, 6.07) is 6.36. The first-order chi connectivity index (χ1) is 9.34. The molecule has 4 heteroatoms. The predicted molar refractivity (Wildman–Crippen MR) is 73.5 cm³/mol. The van der Waals surface area contributed by atoms with Crippen LogP contribution in [0.3, 0.4) is 0 Å². The van der Waals surface area contributed by atoms with Crippen LogP contribution < -0.4 is 5.32 Å². The first-order valence-corrected chi connectivity index (χ1v) is 7.28. The minimum Gasteiger partial charge on any atom is -0.332 e. The van der Waals surface area contributed by atoms with E-state index in [-0.39, 0.29) is 11.9 Å². The number of carbonyl (C=O) groups excluding carboxylic acids is 1.